The molecule has 0 aromatic heterocycles. The molecule has 1 aromatic carbocycles. The Morgan fingerprint density at radius 2 is 2.00 bits per heavy atom. The second kappa shape index (κ2) is 4.41. The van der Waals surface area contributed by atoms with Crippen LogP contribution < -0.4 is 0 Å². The molecule has 0 amide bonds. The summed E-state index contributed by atoms with van der Waals surface area (Å²) in [5.41, 5.74) is 4.66. The third kappa shape index (κ3) is 1.86. The van der Waals surface area contributed by atoms with Gasteiger partial charge in [0.2, 0.25) is 0 Å². The van der Waals surface area contributed by atoms with Crippen LogP contribution in [-0.4, -0.2) is 0 Å². The van der Waals surface area contributed by atoms with Gasteiger partial charge in [-0.1, -0.05) is 54.2 Å². The number of halogens is 1. The van der Waals surface area contributed by atoms with Crippen molar-refractivity contribution in [3.8, 4) is 0 Å². The van der Waals surface area contributed by atoms with E-state index in [0.29, 0.717) is 0 Å². The Morgan fingerprint density at radius 3 is 2.83 bits per heavy atom. The first-order chi connectivity index (χ1) is 8.75. The summed E-state index contributed by atoms with van der Waals surface area (Å²) in [6, 6.07) is 7.05. The Bertz CT molecular complexity index is 600. The lowest BCUT2D eigenvalue weighted by Crippen LogP contribution is -2.01. The summed E-state index contributed by atoms with van der Waals surface area (Å²) in [6.45, 7) is 2.13. The summed E-state index contributed by atoms with van der Waals surface area (Å²) < 4.78 is 14.0. The van der Waals surface area contributed by atoms with Crippen molar-refractivity contribution >= 4 is 0 Å². The molecule has 1 unspecified atom stereocenters. The molecule has 90 valence electrons. The predicted molar refractivity (Wildman–Crippen MR) is 72.8 cm³/mol. The quantitative estimate of drug-likeness (QED) is 0.666. The Morgan fingerprint density at radius 1 is 1.17 bits per heavy atom. The van der Waals surface area contributed by atoms with Gasteiger partial charge in [0.15, 0.2) is 0 Å². The minimum atomic E-state index is -0.126. The summed E-state index contributed by atoms with van der Waals surface area (Å²) in [4.78, 5) is 0. The molecule has 0 fully saturated rings. The van der Waals surface area contributed by atoms with Crippen molar-refractivity contribution < 1.29 is 4.39 Å². The highest BCUT2D eigenvalue weighted by Crippen LogP contribution is 2.39. The van der Waals surface area contributed by atoms with Gasteiger partial charge in [-0.15, -0.1) is 0 Å². The van der Waals surface area contributed by atoms with E-state index in [2.05, 4.69) is 25.2 Å². The number of hydrogen-bond acceptors (Lipinski definition) is 0. The van der Waals surface area contributed by atoms with E-state index >= 15 is 0 Å². The van der Waals surface area contributed by atoms with Gasteiger partial charge >= 0.3 is 0 Å². The molecular formula is C17H15F. The van der Waals surface area contributed by atoms with Gasteiger partial charge in [-0.3, -0.25) is 0 Å². The van der Waals surface area contributed by atoms with E-state index in [0.717, 1.165) is 12.0 Å². The average Bonchev–Trinajstić information content (AvgIpc) is 2.62. The third-order valence-corrected chi connectivity index (χ3v) is 3.53. The predicted octanol–water partition coefficient (Wildman–Crippen LogP) is 4.68. The van der Waals surface area contributed by atoms with Crippen molar-refractivity contribution in [1.82, 2.24) is 0 Å². The van der Waals surface area contributed by atoms with Crippen LogP contribution in [0.4, 0.5) is 4.39 Å². The normalized spacial score (nSPS) is 21.9. The molecule has 0 aliphatic heterocycles. The topological polar surface area (TPSA) is 0 Å². The molecule has 0 heterocycles. The summed E-state index contributed by atoms with van der Waals surface area (Å²) in [6.07, 6.45) is 11.5. The molecule has 0 saturated heterocycles. The first-order valence-electron chi connectivity index (χ1n) is 6.25. The van der Waals surface area contributed by atoms with Crippen molar-refractivity contribution in [2.45, 2.75) is 19.3 Å². The number of benzene rings is 1. The molecule has 0 nitrogen and oxygen atoms in total. The zero-order valence-corrected chi connectivity index (χ0v) is 10.4. The van der Waals surface area contributed by atoms with Gasteiger partial charge in [-0.05, 0) is 36.1 Å². The van der Waals surface area contributed by atoms with E-state index < -0.39 is 0 Å². The van der Waals surface area contributed by atoms with Crippen molar-refractivity contribution in [3.05, 3.63) is 82.7 Å². The van der Waals surface area contributed by atoms with Crippen LogP contribution in [0, 0.1) is 5.82 Å². The Hall–Kier alpha value is -1.89. The molecule has 0 saturated carbocycles. The van der Waals surface area contributed by atoms with Crippen LogP contribution in [-0.2, 0) is 0 Å². The summed E-state index contributed by atoms with van der Waals surface area (Å²) in [5, 5.41) is 0. The highest BCUT2D eigenvalue weighted by molar-refractivity contribution is 5.53. The van der Waals surface area contributed by atoms with Crippen molar-refractivity contribution in [3.63, 3.8) is 0 Å². The maximum absolute atomic E-state index is 14.0. The van der Waals surface area contributed by atoms with Gasteiger partial charge in [0.25, 0.3) is 0 Å². The molecule has 0 N–H and O–H groups in total. The number of rotatable bonds is 1. The van der Waals surface area contributed by atoms with Gasteiger partial charge in [-0.2, -0.15) is 0 Å². The van der Waals surface area contributed by atoms with Crippen LogP contribution >= 0.6 is 0 Å². The van der Waals surface area contributed by atoms with Crippen molar-refractivity contribution in [2.75, 3.05) is 0 Å². The van der Waals surface area contributed by atoms with E-state index in [9.17, 15) is 4.39 Å². The SMILES string of the molecule is CC1=CC2=C(C=CC=CC2c2ccccc2F)C1. The third-order valence-electron chi connectivity index (χ3n) is 3.53. The second-order valence-corrected chi connectivity index (χ2v) is 4.89. The minimum Gasteiger partial charge on any atom is -0.207 e. The highest BCUT2D eigenvalue weighted by Gasteiger charge is 2.22. The van der Waals surface area contributed by atoms with Crippen LogP contribution in [0.2, 0.25) is 0 Å². The van der Waals surface area contributed by atoms with E-state index in [1.54, 1.807) is 6.07 Å². The first kappa shape index (κ1) is 11.2. The van der Waals surface area contributed by atoms with Gasteiger partial charge in [0.05, 0.1) is 0 Å². The lowest BCUT2D eigenvalue weighted by Gasteiger charge is -2.15. The molecule has 0 radical (unpaired) electrons. The lowest BCUT2D eigenvalue weighted by atomic mass is 9.89. The summed E-state index contributed by atoms with van der Waals surface area (Å²) in [7, 11) is 0. The zero-order chi connectivity index (χ0) is 12.5. The fourth-order valence-corrected chi connectivity index (χ4v) is 2.71. The smallest absolute Gasteiger partial charge is 0.127 e. The van der Waals surface area contributed by atoms with Gasteiger partial charge in [0.1, 0.15) is 5.82 Å². The van der Waals surface area contributed by atoms with Gasteiger partial charge in [0, 0.05) is 5.92 Å². The Balaban J connectivity index is 2.11. The molecule has 18 heavy (non-hydrogen) atoms. The fraction of sp³-hybridized carbons (Fsp3) is 0.176. The molecule has 2 aliphatic rings. The molecule has 2 aliphatic carbocycles. The van der Waals surface area contributed by atoms with E-state index in [4.69, 9.17) is 0 Å². The molecular weight excluding hydrogens is 223 g/mol. The van der Waals surface area contributed by atoms with Crippen molar-refractivity contribution in [2.24, 2.45) is 0 Å². The molecule has 3 rings (SSSR count). The van der Waals surface area contributed by atoms with Crippen LogP contribution in [0.15, 0.2) is 71.4 Å². The van der Waals surface area contributed by atoms with Crippen LogP contribution in [0.25, 0.3) is 0 Å². The van der Waals surface area contributed by atoms with Crippen molar-refractivity contribution in [1.29, 1.82) is 0 Å². The van der Waals surface area contributed by atoms with E-state index in [1.165, 1.54) is 22.8 Å². The zero-order valence-electron chi connectivity index (χ0n) is 10.4. The molecule has 1 atom stereocenters. The first-order valence-corrected chi connectivity index (χ1v) is 6.25. The second-order valence-electron chi connectivity index (χ2n) is 4.89. The monoisotopic (exact) mass is 238 g/mol. The highest BCUT2D eigenvalue weighted by atomic mass is 19.1. The number of hydrogen-bond donors (Lipinski definition) is 0. The largest absolute Gasteiger partial charge is 0.207 e. The van der Waals surface area contributed by atoms with Gasteiger partial charge in [-0.25, -0.2) is 4.39 Å². The maximum Gasteiger partial charge on any atom is 0.127 e. The lowest BCUT2D eigenvalue weighted by molar-refractivity contribution is 0.608. The van der Waals surface area contributed by atoms with Crippen LogP contribution in [0.1, 0.15) is 24.8 Å². The number of allylic oxidation sites excluding steroid dienone is 8. The molecule has 1 heteroatoms. The summed E-state index contributed by atoms with van der Waals surface area (Å²) in [5.74, 6) is -0.0903. The van der Waals surface area contributed by atoms with Crippen LogP contribution in [0.5, 0.6) is 0 Å². The fourth-order valence-electron chi connectivity index (χ4n) is 2.71. The standard InChI is InChI=1S/C17H15F/c1-12-10-13-6-2-3-7-14(16(13)11-12)15-8-4-5-9-17(15)18/h2-9,11,14H,10H2,1H3. The van der Waals surface area contributed by atoms with E-state index in [1.807, 2.05) is 24.3 Å². The molecule has 0 bridgehead atoms. The minimum absolute atomic E-state index is 0.0358. The maximum atomic E-state index is 14.0. The molecule has 1 aromatic rings. The Labute approximate surface area is 107 Å². The van der Waals surface area contributed by atoms with Gasteiger partial charge < -0.3 is 0 Å². The Kier molecular flexibility index (Phi) is 2.75. The molecule has 0 spiro atoms. The average molecular weight is 238 g/mol. The van der Waals surface area contributed by atoms with E-state index in [-0.39, 0.29) is 11.7 Å². The van der Waals surface area contributed by atoms with Crippen LogP contribution in [0.3, 0.4) is 0 Å². The summed E-state index contributed by atoms with van der Waals surface area (Å²) >= 11 is 0.